The van der Waals surface area contributed by atoms with Crippen molar-refractivity contribution in [2.24, 2.45) is 12.0 Å². The van der Waals surface area contributed by atoms with E-state index in [0.717, 1.165) is 17.3 Å². The fraction of sp³-hybridized carbons (Fsp3) is 0.353. The topological polar surface area (TPSA) is 87.7 Å². The average Bonchev–Trinajstić information content (AvgIpc) is 2.92. The van der Waals surface area contributed by atoms with Crippen LogP contribution in [-0.4, -0.2) is 47.5 Å². The number of halogens is 2. The number of nitrogens with zero attached hydrogens (tertiary/aromatic N) is 4. The second-order valence-corrected chi connectivity index (χ2v) is 6.26. The number of non-ortho nitro benzene ring substituents is 1. The minimum atomic E-state index is -0.412. The van der Waals surface area contributed by atoms with Gasteiger partial charge in [0.2, 0.25) is 0 Å². The van der Waals surface area contributed by atoms with Crippen molar-refractivity contribution in [1.29, 1.82) is 0 Å². The third kappa shape index (κ3) is 6.90. The molecule has 0 fully saturated rings. The van der Waals surface area contributed by atoms with Crippen LogP contribution in [0.25, 0.3) is 0 Å². The van der Waals surface area contributed by atoms with E-state index in [1.807, 2.05) is 35.8 Å². The summed E-state index contributed by atoms with van der Waals surface area (Å²) in [5, 5.41) is 17.8. The lowest BCUT2D eigenvalue weighted by Gasteiger charge is -2.22. The summed E-state index contributed by atoms with van der Waals surface area (Å²) < 4.78 is 1.99. The molecule has 27 heavy (non-hydrogen) atoms. The van der Waals surface area contributed by atoms with Crippen molar-refractivity contribution in [3.8, 4) is 0 Å². The molecule has 0 radical (unpaired) electrons. The third-order valence-corrected chi connectivity index (χ3v) is 4.07. The molecule has 1 aromatic carbocycles. The second kappa shape index (κ2) is 11.0. The van der Waals surface area contributed by atoms with Crippen molar-refractivity contribution >= 4 is 52.9 Å². The van der Waals surface area contributed by atoms with Crippen LogP contribution >= 0.6 is 35.6 Å². The van der Waals surface area contributed by atoms with E-state index in [-0.39, 0.29) is 29.7 Å². The van der Waals surface area contributed by atoms with E-state index in [9.17, 15) is 10.1 Å². The summed E-state index contributed by atoms with van der Waals surface area (Å²) in [7, 11) is 5.65. The molecule has 8 nitrogen and oxygen atoms in total. The number of rotatable bonds is 7. The molecule has 2 aromatic rings. The van der Waals surface area contributed by atoms with Gasteiger partial charge in [0.05, 0.1) is 16.5 Å². The maximum atomic E-state index is 10.6. The highest BCUT2D eigenvalue weighted by molar-refractivity contribution is 14.0. The summed E-state index contributed by atoms with van der Waals surface area (Å²) in [4.78, 5) is 16.5. The summed E-state index contributed by atoms with van der Waals surface area (Å²) in [5.41, 5.74) is 2.00. The predicted octanol–water partition coefficient (Wildman–Crippen LogP) is 3.32. The van der Waals surface area contributed by atoms with Gasteiger partial charge < -0.3 is 20.1 Å². The van der Waals surface area contributed by atoms with E-state index in [2.05, 4.69) is 15.6 Å². The van der Waals surface area contributed by atoms with E-state index >= 15 is 0 Å². The van der Waals surface area contributed by atoms with Crippen LogP contribution < -0.4 is 10.6 Å². The highest BCUT2D eigenvalue weighted by Crippen LogP contribution is 2.15. The number of aryl methyl sites for hydroxylation is 1. The molecule has 0 aliphatic carbocycles. The first-order valence-electron chi connectivity index (χ1n) is 8.11. The molecule has 0 atom stereocenters. The van der Waals surface area contributed by atoms with E-state index in [1.54, 1.807) is 19.2 Å². The predicted molar refractivity (Wildman–Crippen MR) is 120 cm³/mol. The van der Waals surface area contributed by atoms with Gasteiger partial charge in [-0.25, -0.2) is 0 Å². The number of nitro groups is 1. The van der Waals surface area contributed by atoms with Crippen molar-refractivity contribution in [1.82, 2.24) is 14.8 Å². The average molecular weight is 507 g/mol. The van der Waals surface area contributed by atoms with Crippen molar-refractivity contribution in [3.63, 3.8) is 0 Å². The quantitative estimate of drug-likeness (QED) is 0.150. The maximum Gasteiger partial charge on any atom is 0.269 e. The number of benzene rings is 1. The van der Waals surface area contributed by atoms with Crippen molar-refractivity contribution in [2.45, 2.75) is 6.54 Å². The van der Waals surface area contributed by atoms with Crippen LogP contribution in [0.2, 0.25) is 5.02 Å². The number of aromatic nitrogens is 1. The Labute approximate surface area is 180 Å². The Morgan fingerprint density at radius 1 is 1.33 bits per heavy atom. The molecule has 1 aromatic heterocycles. The normalized spacial score (nSPS) is 10.9. The maximum absolute atomic E-state index is 10.6. The van der Waals surface area contributed by atoms with E-state index in [1.165, 1.54) is 12.1 Å². The number of guanidine groups is 1. The van der Waals surface area contributed by atoms with Crippen molar-refractivity contribution < 1.29 is 4.92 Å². The molecule has 0 amide bonds. The summed E-state index contributed by atoms with van der Waals surface area (Å²) >= 11 is 6.02. The van der Waals surface area contributed by atoms with Gasteiger partial charge in [0, 0.05) is 63.9 Å². The van der Waals surface area contributed by atoms with E-state index < -0.39 is 4.92 Å². The van der Waals surface area contributed by atoms with Crippen molar-refractivity contribution in [2.75, 3.05) is 32.5 Å². The van der Waals surface area contributed by atoms with Gasteiger partial charge in [-0.1, -0.05) is 11.6 Å². The number of hydrogen-bond donors (Lipinski definition) is 2. The zero-order chi connectivity index (χ0) is 19.1. The van der Waals surface area contributed by atoms with Crippen LogP contribution in [0.4, 0.5) is 11.4 Å². The molecule has 2 N–H and O–H groups in total. The Hall–Kier alpha value is -2.01. The molecule has 148 valence electrons. The molecule has 0 aliphatic heterocycles. The van der Waals surface area contributed by atoms with Crippen LogP contribution in [0.1, 0.15) is 5.69 Å². The van der Waals surface area contributed by atoms with Gasteiger partial charge in [0.25, 0.3) is 5.69 Å². The Bertz CT molecular complexity index is 778. The molecule has 0 aliphatic rings. The van der Waals surface area contributed by atoms with Gasteiger partial charge in [-0.05, 0) is 18.2 Å². The number of nitrogens with one attached hydrogen (secondary N) is 2. The Morgan fingerprint density at radius 2 is 2.00 bits per heavy atom. The van der Waals surface area contributed by atoms with Crippen LogP contribution in [0, 0.1) is 10.1 Å². The molecule has 0 spiro atoms. The second-order valence-electron chi connectivity index (χ2n) is 5.82. The van der Waals surface area contributed by atoms with Crippen LogP contribution in [-0.2, 0) is 13.6 Å². The standard InChI is InChI=1S/C17H23ClN6O2.HI/c1-19-17(23(3)12-16-10-13(18)11-22(16)2)21-9-8-20-14-4-6-15(7-5-14)24(25)26;/h4-7,10-11,20H,8-9,12H2,1-3H3,(H,19,21);1H. The van der Waals surface area contributed by atoms with Gasteiger partial charge in [-0.2, -0.15) is 0 Å². The summed E-state index contributed by atoms with van der Waals surface area (Å²) in [6.07, 6.45) is 1.87. The van der Waals surface area contributed by atoms with Crippen LogP contribution in [0.3, 0.4) is 0 Å². The monoisotopic (exact) mass is 506 g/mol. The smallest absolute Gasteiger partial charge is 0.269 e. The van der Waals surface area contributed by atoms with Crippen LogP contribution in [0.5, 0.6) is 0 Å². The fourth-order valence-corrected chi connectivity index (χ4v) is 2.78. The third-order valence-electron chi connectivity index (χ3n) is 3.86. The first-order chi connectivity index (χ1) is 12.4. The lowest BCUT2D eigenvalue weighted by atomic mass is 10.3. The molecule has 0 saturated heterocycles. The molecular formula is C17H24ClIN6O2. The lowest BCUT2D eigenvalue weighted by molar-refractivity contribution is -0.384. The number of anilines is 1. The number of hydrogen-bond acceptors (Lipinski definition) is 4. The first-order valence-corrected chi connectivity index (χ1v) is 8.49. The van der Waals surface area contributed by atoms with Crippen molar-refractivity contribution in [3.05, 3.63) is 57.4 Å². The molecule has 1 heterocycles. The Kier molecular flexibility index (Phi) is 9.36. The molecule has 10 heteroatoms. The Balaban J connectivity index is 0.00000364. The molecule has 2 rings (SSSR count). The molecule has 0 saturated carbocycles. The first kappa shape index (κ1) is 23.0. The van der Waals surface area contributed by atoms with Gasteiger partial charge >= 0.3 is 0 Å². The minimum absolute atomic E-state index is 0. The molecular weight excluding hydrogens is 483 g/mol. The Morgan fingerprint density at radius 3 is 2.52 bits per heavy atom. The highest BCUT2D eigenvalue weighted by atomic mass is 127. The zero-order valence-corrected chi connectivity index (χ0v) is 18.6. The molecule has 0 unspecified atom stereocenters. The SMILES string of the molecule is CN=C(NCCNc1ccc([N+](=O)[O-])cc1)N(C)Cc1cc(Cl)cn1C.I. The number of nitro benzene ring substituents is 1. The molecule has 0 bridgehead atoms. The van der Waals surface area contributed by atoms with E-state index in [0.29, 0.717) is 24.7 Å². The van der Waals surface area contributed by atoms with Gasteiger partial charge in [-0.3, -0.25) is 15.1 Å². The summed E-state index contributed by atoms with van der Waals surface area (Å²) in [6.45, 7) is 1.99. The summed E-state index contributed by atoms with van der Waals surface area (Å²) in [5.74, 6) is 0.771. The van der Waals surface area contributed by atoms with Crippen LogP contribution in [0.15, 0.2) is 41.5 Å². The summed E-state index contributed by atoms with van der Waals surface area (Å²) in [6, 6.07) is 8.28. The highest BCUT2D eigenvalue weighted by Gasteiger charge is 2.09. The zero-order valence-electron chi connectivity index (χ0n) is 15.5. The van der Waals surface area contributed by atoms with Gasteiger partial charge in [-0.15, -0.1) is 24.0 Å². The fourth-order valence-electron chi connectivity index (χ4n) is 2.51. The minimum Gasteiger partial charge on any atom is -0.383 e. The largest absolute Gasteiger partial charge is 0.383 e. The van der Waals surface area contributed by atoms with Gasteiger partial charge in [0.15, 0.2) is 5.96 Å². The number of aliphatic imine (C=N–C) groups is 1. The van der Waals surface area contributed by atoms with Gasteiger partial charge in [0.1, 0.15) is 0 Å². The van der Waals surface area contributed by atoms with E-state index in [4.69, 9.17) is 11.6 Å². The lowest BCUT2D eigenvalue weighted by Crippen LogP contribution is -2.40.